The number of benzene rings is 7. The van der Waals surface area contributed by atoms with Crippen LogP contribution < -0.4 is 0 Å². The van der Waals surface area contributed by atoms with Crippen molar-refractivity contribution in [2.75, 3.05) is 0 Å². The summed E-state index contributed by atoms with van der Waals surface area (Å²) in [5, 5.41) is 5.97. The van der Waals surface area contributed by atoms with Crippen LogP contribution in [0.2, 0.25) is 0 Å². The molecule has 0 unspecified atom stereocenters. The van der Waals surface area contributed by atoms with E-state index in [1.165, 1.54) is 37.4 Å². The number of hydrogen-bond donors (Lipinski definition) is 0. The van der Waals surface area contributed by atoms with Gasteiger partial charge in [-0.3, -0.25) is 4.57 Å². The molecule has 0 spiro atoms. The monoisotopic (exact) mass is 668 g/mol. The van der Waals surface area contributed by atoms with Crippen molar-refractivity contribution in [3.05, 3.63) is 170 Å². The Balaban J connectivity index is 1.25. The summed E-state index contributed by atoms with van der Waals surface area (Å²) in [4.78, 5) is 10.9. The second-order valence-electron chi connectivity index (χ2n) is 13.0. The quantitative estimate of drug-likeness (QED) is 0.187. The number of nitrogens with zero attached hydrogens (tertiary/aromatic N) is 4. The molecule has 0 fully saturated rings. The Morgan fingerprint density at radius 1 is 0.412 bits per heavy atom. The second kappa shape index (κ2) is 11.0. The zero-order valence-corrected chi connectivity index (χ0v) is 28.2. The van der Waals surface area contributed by atoms with Crippen LogP contribution in [-0.2, 0) is 0 Å². The van der Waals surface area contributed by atoms with Crippen LogP contribution >= 0.6 is 11.3 Å². The van der Waals surface area contributed by atoms with Crippen LogP contribution in [0.3, 0.4) is 0 Å². The van der Waals surface area contributed by atoms with Gasteiger partial charge in [0, 0.05) is 37.2 Å². The average Bonchev–Trinajstić information content (AvgIpc) is 3.85. The lowest BCUT2D eigenvalue weighted by Gasteiger charge is -2.16. The summed E-state index contributed by atoms with van der Waals surface area (Å²) in [7, 11) is 0. The topological polar surface area (TPSA) is 35.6 Å². The van der Waals surface area contributed by atoms with Crippen LogP contribution in [0.25, 0.3) is 97.9 Å². The van der Waals surface area contributed by atoms with Crippen molar-refractivity contribution in [3.8, 4) is 34.0 Å². The van der Waals surface area contributed by atoms with E-state index in [9.17, 15) is 0 Å². The van der Waals surface area contributed by atoms with Crippen molar-refractivity contribution in [1.29, 1.82) is 0 Å². The Morgan fingerprint density at radius 2 is 0.980 bits per heavy atom. The number of para-hydroxylation sites is 4. The molecule has 0 aliphatic carbocycles. The number of fused-ring (bicyclic) bond motifs is 9. The lowest BCUT2D eigenvalue weighted by atomic mass is 10.0. The molecule has 4 nitrogen and oxygen atoms in total. The highest BCUT2D eigenvalue weighted by Crippen LogP contribution is 2.43. The molecule has 0 aliphatic rings. The minimum absolute atomic E-state index is 0.668. The summed E-state index contributed by atoms with van der Waals surface area (Å²) < 4.78 is 6.94. The Hall–Kier alpha value is -6.56. The molecule has 11 rings (SSSR count). The molecule has 0 N–H and O–H groups in total. The number of hydrogen-bond acceptors (Lipinski definition) is 3. The van der Waals surface area contributed by atoms with Crippen molar-refractivity contribution in [2.24, 2.45) is 0 Å². The highest BCUT2D eigenvalue weighted by atomic mass is 32.1. The van der Waals surface area contributed by atoms with Crippen LogP contribution in [0.1, 0.15) is 0 Å². The van der Waals surface area contributed by atoms with E-state index >= 15 is 0 Å². The number of rotatable bonds is 4. The highest BCUT2D eigenvalue weighted by Gasteiger charge is 2.23. The number of thiophene rings is 1. The maximum absolute atomic E-state index is 5.55. The van der Waals surface area contributed by atoms with E-state index in [1.54, 1.807) is 11.3 Å². The van der Waals surface area contributed by atoms with Crippen molar-refractivity contribution >= 4 is 75.3 Å². The SMILES string of the molecule is c1ccc(-c2ccc3c4ccccc4n(-c4ccccc4-c4nc(-n5c6ccccc6c6ccccc65)nc5c4sc4ccccc45)c3c2)cc1. The maximum atomic E-state index is 5.55. The van der Waals surface area contributed by atoms with Gasteiger partial charge in [0.25, 0.3) is 0 Å². The van der Waals surface area contributed by atoms with Gasteiger partial charge in [0.1, 0.15) is 0 Å². The molecule has 0 aliphatic heterocycles. The van der Waals surface area contributed by atoms with Crippen molar-refractivity contribution in [1.82, 2.24) is 19.1 Å². The van der Waals surface area contributed by atoms with Gasteiger partial charge in [-0.05, 0) is 47.5 Å². The minimum atomic E-state index is 0.668. The van der Waals surface area contributed by atoms with Crippen LogP contribution in [0, 0.1) is 0 Å². The molecule has 4 aromatic heterocycles. The highest BCUT2D eigenvalue weighted by molar-refractivity contribution is 7.26. The fourth-order valence-corrected chi connectivity index (χ4v) is 9.05. The Kier molecular flexibility index (Phi) is 6.09. The summed E-state index contributed by atoms with van der Waals surface area (Å²) >= 11 is 1.77. The van der Waals surface area contributed by atoms with E-state index in [0.29, 0.717) is 5.95 Å². The molecule has 0 saturated carbocycles. The average molecular weight is 669 g/mol. The molecule has 0 atom stereocenters. The minimum Gasteiger partial charge on any atom is -0.309 e. The van der Waals surface area contributed by atoms with Gasteiger partial charge in [0.05, 0.1) is 43.7 Å². The third-order valence-electron chi connectivity index (χ3n) is 10.2. The van der Waals surface area contributed by atoms with E-state index in [0.717, 1.165) is 54.6 Å². The first-order valence-electron chi connectivity index (χ1n) is 17.2. The van der Waals surface area contributed by atoms with Gasteiger partial charge in [-0.1, -0.05) is 133 Å². The van der Waals surface area contributed by atoms with Crippen molar-refractivity contribution in [3.63, 3.8) is 0 Å². The smallest absolute Gasteiger partial charge is 0.235 e. The fourth-order valence-electron chi connectivity index (χ4n) is 7.91. The van der Waals surface area contributed by atoms with E-state index in [-0.39, 0.29) is 0 Å². The van der Waals surface area contributed by atoms with Gasteiger partial charge in [0.2, 0.25) is 5.95 Å². The first-order chi connectivity index (χ1) is 25.3. The summed E-state index contributed by atoms with van der Waals surface area (Å²) in [6.45, 7) is 0. The molecule has 11 aromatic rings. The molecule has 7 aromatic carbocycles. The molecular formula is C46H28N4S. The Labute approximate surface area is 297 Å². The van der Waals surface area contributed by atoms with Crippen LogP contribution in [0.5, 0.6) is 0 Å². The van der Waals surface area contributed by atoms with Crippen LogP contribution in [0.4, 0.5) is 0 Å². The molecule has 0 bridgehead atoms. The third kappa shape index (κ3) is 4.19. The summed E-state index contributed by atoms with van der Waals surface area (Å²) in [5.41, 5.74) is 10.9. The first-order valence-corrected chi connectivity index (χ1v) is 18.0. The zero-order chi connectivity index (χ0) is 33.5. The molecule has 0 amide bonds. The normalized spacial score (nSPS) is 11.9. The van der Waals surface area contributed by atoms with E-state index in [1.807, 2.05) is 0 Å². The van der Waals surface area contributed by atoms with Crippen LogP contribution in [0.15, 0.2) is 170 Å². The summed E-state index contributed by atoms with van der Waals surface area (Å²) in [5.74, 6) is 0.668. The predicted octanol–water partition coefficient (Wildman–Crippen LogP) is 12.4. The van der Waals surface area contributed by atoms with Gasteiger partial charge in [-0.15, -0.1) is 11.3 Å². The largest absolute Gasteiger partial charge is 0.309 e. The van der Waals surface area contributed by atoms with Gasteiger partial charge in [0.15, 0.2) is 0 Å². The van der Waals surface area contributed by atoms with Gasteiger partial charge in [-0.2, -0.15) is 0 Å². The summed E-state index contributed by atoms with van der Waals surface area (Å²) in [6, 6.07) is 60.6. The predicted molar refractivity (Wildman–Crippen MR) is 214 cm³/mol. The third-order valence-corrected chi connectivity index (χ3v) is 11.3. The maximum Gasteiger partial charge on any atom is 0.235 e. The lowest BCUT2D eigenvalue weighted by Crippen LogP contribution is -2.04. The molecule has 4 heterocycles. The molecule has 0 radical (unpaired) electrons. The van der Waals surface area contributed by atoms with Gasteiger partial charge in [-0.25, -0.2) is 9.97 Å². The van der Waals surface area contributed by atoms with Crippen molar-refractivity contribution in [2.45, 2.75) is 0 Å². The second-order valence-corrected chi connectivity index (χ2v) is 14.0. The van der Waals surface area contributed by atoms with Crippen molar-refractivity contribution < 1.29 is 0 Å². The molecular weight excluding hydrogens is 641 g/mol. The molecule has 238 valence electrons. The Morgan fingerprint density at radius 3 is 1.71 bits per heavy atom. The fraction of sp³-hybridized carbons (Fsp3) is 0. The van der Waals surface area contributed by atoms with Gasteiger partial charge >= 0.3 is 0 Å². The molecule has 0 saturated heterocycles. The first kappa shape index (κ1) is 28.3. The number of aromatic nitrogens is 4. The zero-order valence-electron chi connectivity index (χ0n) is 27.4. The lowest BCUT2D eigenvalue weighted by molar-refractivity contribution is 1.02. The van der Waals surface area contributed by atoms with E-state index in [4.69, 9.17) is 9.97 Å². The summed E-state index contributed by atoms with van der Waals surface area (Å²) in [6.07, 6.45) is 0. The molecule has 51 heavy (non-hydrogen) atoms. The van der Waals surface area contributed by atoms with E-state index < -0.39 is 0 Å². The molecule has 5 heteroatoms. The standard InChI is InChI=1S/C46H28N4S/c1-2-14-29(15-3-1)30-26-27-34-33-18-4-9-21-37(33)49(41(34)28-30)40-24-12-7-19-35(40)43-45-44(36-20-8-13-25-42(36)51-45)48-46(47-43)50-38-22-10-5-16-31(38)32-17-6-11-23-39(32)50/h1-28H. The van der Waals surface area contributed by atoms with E-state index in [2.05, 4.69) is 179 Å². The van der Waals surface area contributed by atoms with Gasteiger partial charge < -0.3 is 4.57 Å². The Bertz CT molecular complexity index is 3090. The van der Waals surface area contributed by atoms with Crippen LogP contribution in [-0.4, -0.2) is 19.1 Å².